The lowest BCUT2D eigenvalue weighted by atomic mass is 9.77. The summed E-state index contributed by atoms with van der Waals surface area (Å²) < 4.78 is 47.5. The first-order valence-electron chi connectivity index (χ1n) is 18.1. The van der Waals surface area contributed by atoms with E-state index in [2.05, 4.69) is 31.0 Å². The first-order chi connectivity index (χ1) is 28.4. The molecule has 0 aliphatic carbocycles. The van der Waals surface area contributed by atoms with E-state index in [-0.39, 0.29) is 24.5 Å². The number of carbonyl (C=O) groups excluding carboxylic acids is 4. The van der Waals surface area contributed by atoms with E-state index < -0.39 is 60.0 Å². The summed E-state index contributed by atoms with van der Waals surface area (Å²) in [7, 11) is 0. The fraction of sp³-hybridized carbons (Fsp3) is 0.167. The van der Waals surface area contributed by atoms with E-state index in [0.717, 1.165) is 28.8 Å². The van der Waals surface area contributed by atoms with Gasteiger partial charge < -0.3 is 31.2 Å². The van der Waals surface area contributed by atoms with Crippen molar-refractivity contribution < 1.29 is 41.8 Å². The number of halogens is 3. The van der Waals surface area contributed by atoms with E-state index in [0.29, 0.717) is 5.56 Å². The van der Waals surface area contributed by atoms with Crippen LogP contribution in [0.5, 0.6) is 5.75 Å². The molecule has 0 spiro atoms. The number of hydrogen-bond donors (Lipinski definition) is 4. The second kappa shape index (κ2) is 18.6. The molecule has 0 aliphatic rings. The van der Waals surface area contributed by atoms with Crippen molar-refractivity contribution >= 4 is 29.5 Å². The minimum Gasteiger partial charge on any atom is -0.445 e. The zero-order valence-corrected chi connectivity index (χ0v) is 31.1. The smallest absolute Gasteiger partial charge is 0.445 e. The average Bonchev–Trinajstić information content (AvgIpc) is 3.70. The number of nitrogens with two attached hydrogens (primary N) is 1. The predicted molar refractivity (Wildman–Crippen MR) is 207 cm³/mol. The van der Waals surface area contributed by atoms with Gasteiger partial charge in [0.2, 0.25) is 17.7 Å². The molecule has 0 fully saturated rings. The highest BCUT2D eigenvalue weighted by atomic mass is 19.4. The Labute approximate surface area is 335 Å². The van der Waals surface area contributed by atoms with Crippen molar-refractivity contribution in [3.63, 3.8) is 0 Å². The van der Waals surface area contributed by atoms with Crippen molar-refractivity contribution in [1.29, 1.82) is 0 Å². The number of alkyl carbamates (subject to hydrolysis) is 1. The number of alkyl halides is 3. The van der Waals surface area contributed by atoms with Gasteiger partial charge in [0.25, 0.3) is 0 Å². The fourth-order valence-electron chi connectivity index (χ4n) is 6.30. The quantitative estimate of drug-likeness (QED) is 0.0947. The normalized spacial score (nSPS) is 12.4. The second-order valence-electron chi connectivity index (χ2n) is 13.1. The number of rotatable bonds is 16. The van der Waals surface area contributed by atoms with Gasteiger partial charge in [-0.2, -0.15) is 0 Å². The molecule has 17 heteroatoms. The molecule has 59 heavy (non-hydrogen) atoms. The molecule has 0 radical (unpaired) electrons. The largest absolute Gasteiger partial charge is 0.573 e. The molecule has 0 unspecified atom stereocenters. The van der Waals surface area contributed by atoms with E-state index in [1.807, 2.05) is 91.0 Å². The fourth-order valence-corrected chi connectivity index (χ4v) is 6.30. The van der Waals surface area contributed by atoms with Crippen molar-refractivity contribution in [3.05, 3.63) is 174 Å². The van der Waals surface area contributed by atoms with Crippen molar-refractivity contribution in [2.45, 2.75) is 43.4 Å². The number of carbonyl (C=O) groups is 4. The Balaban J connectivity index is 1.32. The van der Waals surface area contributed by atoms with Crippen LogP contribution in [-0.2, 0) is 37.7 Å². The minimum absolute atomic E-state index is 0.00627. The van der Waals surface area contributed by atoms with Gasteiger partial charge in [-0.3, -0.25) is 14.4 Å². The summed E-state index contributed by atoms with van der Waals surface area (Å²) >= 11 is 0. The molecule has 0 saturated carbocycles. The Morgan fingerprint density at radius 1 is 0.678 bits per heavy atom. The van der Waals surface area contributed by atoms with Crippen LogP contribution in [0.2, 0.25) is 0 Å². The Kier molecular flexibility index (Phi) is 12.9. The molecule has 5 N–H and O–H groups in total. The molecule has 302 valence electrons. The lowest BCUT2D eigenvalue weighted by Gasteiger charge is -2.34. The lowest BCUT2D eigenvalue weighted by molar-refractivity contribution is -0.274. The number of benzene rings is 5. The zero-order chi connectivity index (χ0) is 41.8. The van der Waals surface area contributed by atoms with Crippen molar-refractivity contribution in [2.24, 2.45) is 5.73 Å². The van der Waals surface area contributed by atoms with E-state index >= 15 is 0 Å². The SMILES string of the molecule is NC(=O)C[C@H](NC(=O)OCc1ccccc1)C(=O)N[C@@H](Cc1nnn(C(c2ccccc2)(c2ccccc2)c2ccccc2)n1)C(=O)Nc1ccc(OC(F)(F)F)cc1. The number of nitrogens with one attached hydrogen (secondary N) is 3. The average molecular weight is 807 g/mol. The number of aromatic nitrogens is 4. The summed E-state index contributed by atoms with van der Waals surface area (Å²) in [5, 5.41) is 21.0. The van der Waals surface area contributed by atoms with Gasteiger partial charge >= 0.3 is 12.5 Å². The van der Waals surface area contributed by atoms with Crippen LogP contribution in [0.25, 0.3) is 0 Å². The number of tetrazole rings is 1. The molecule has 0 aliphatic heterocycles. The third kappa shape index (κ3) is 10.6. The Morgan fingerprint density at radius 2 is 1.20 bits per heavy atom. The summed E-state index contributed by atoms with van der Waals surface area (Å²) in [4.78, 5) is 54.0. The molecule has 2 atom stereocenters. The highest BCUT2D eigenvalue weighted by molar-refractivity contribution is 5.99. The summed E-state index contributed by atoms with van der Waals surface area (Å²) in [6.45, 7) is -0.146. The number of anilines is 1. The maximum atomic E-state index is 13.9. The van der Waals surface area contributed by atoms with Gasteiger partial charge in [0.05, 0.1) is 6.42 Å². The van der Waals surface area contributed by atoms with Gasteiger partial charge in [-0.05, 0) is 51.7 Å². The van der Waals surface area contributed by atoms with Crippen LogP contribution in [-0.4, -0.2) is 62.5 Å². The maximum absolute atomic E-state index is 13.9. The van der Waals surface area contributed by atoms with Crippen LogP contribution in [0.1, 0.15) is 34.5 Å². The molecule has 0 bridgehead atoms. The maximum Gasteiger partial charge on any atom is 0.573 e. The second-order valence-corrected chi connectivity index (χ2v) is 13.1. The standard InChI is InChI=1S/C42H37F3N8O6/c43-42(44,45)59-33-23-21-32(22-24-33)47-38(55)35(48-39(56)34(25-36(46)54)49-40(57)58-27-28-13-5-1-6-14-28)26-37-50-52-53(51-37)41(29-15-7-2-8-16-29,30-17-9-3-10-18-30)31-19-11-4-12-20-31/h1-24,34-35H,25-27H2,(H2,46,54)(H,47,55)(H,48,56)(H,49,57)/t34-,35-/m0/s1. The molecule has 1 aromatic heterocycles. The molecule has 0 saturated heterocycles. The molecule has 6 rings (SSSR count). The number of primary amides is 1. The van der Waals surface area contributed by atoms with Crippen LogP contribution in [0.4, 0.5) is 23.7 Å². The van der Waals surface area contributed by atoms with Gasteiger partial charge in [-0.1, -0.05) is 121 Å². The van der Waals surface area contributed by atoms with Crippen LogP contribution in [0.15, 0.2) is 146 Å². The zero-order valence-electron chi connectivity index (χ0n) is 31.1. The van der Waals surface area contributed by atoms with Gasteiger partial charge in [0.15, 0.2) is 11.4 Å². The van der Waals surface area contributed by atoms with Gasteiger partial charge in [-0.15, -0.1) is 28.2 Å². The third-order valence-corrected chi connectivity index (χ3v) is 8.93. The monoisotopic (exact) mass is 806 g/mol. The van der Waals surface area contributed by atoms with Crippen molar-refractivity contribution in [2.75, 3.05) is 5.32 Å². The Morgan fingerprint density at radius 3 is 1.71 bits per heavy atom. The van der Waals surface area contributed by atoms with Crippen LogP contribution in [0.3, 0.4) is 0 Å². The van der Waals surface area contributed by atoms with Gasteiger partial charge in [-0.25, -0.2) is 4.79 Å². The van der Waals surface area contributed by atoms with Crippen LogP contribution < -0.4 is 26.4 Å². The van der Waals surface area contributed by atoms with Gasteiger partial charge in [0.1, 0.15) is 24.4 Å². The van der Waals surface area contributed by atoms with E-state index in [4.69, 9.17) is 15.6 Å². The van der Waals surface area contributed by atoms with Crippen molar-refractivity contribution in [1.82, 2.24) is 30.8 Å². The number of ether oxygens (including phenoxy) is 2. The number of nitrogens with zero attached hydrogens (tertiary/aromatic N) is 4. The van der Waals surface area contributed by atoms with E-state index in [1.165, 1.54) is 16.9 Å². The number of hydrogen-bond acceptors (Lipinski definition) is 9. The van der Waals surface area contributed by atoms with E-state index in [9.17, 15) is 32.3 Å². The van der Waals surface area contributed by atoms with Crippen LogP contribution in [0, 0.1) is 0 Å². The first-order valence-corrected chi connectivity index (χ1v) is 18.1. The molecule has 5 aromatic carbocycles. The molecule has 14 nitrogen and oxygen atoms in total. The van der Waals surface area contributed by atoms with E-state index in [1.54, 1.807) is 30.3 Å². The van der Waals surface area contributed by atoms with Crippen LogP contribution >= 0.6 is 0 Å². The minimum atomic E-state index is -4.94. The van der Waals surface area contributed by atoms with Gasteiger partial charge in [0, 0.05) is 12.1 Å². The molecular formula is C42H37F3N8O6. The topological polar surface area (TPSA) is 192 Å². The Hall–Kier alpha value is -7.56. The summed E-state index contributed by atoms with van der Waals surface area (Å²) in [5.74, 6) is -3.33. The molecule has 6 aromatic rings. The molecular weight excluding hydrogens is 770 g/mol. The van der Waals surface area contributed by atoms with Crippen molar-refractivity contribution in [3.8, 4) is 5.75 Å². The predicted octanol–water partition coefficient (Wildman–Crippen LogP) is 5.25. The third-order valence-electron chi connectivity index (χ3n) is 8.93. The molecule has 4 amide bonds. The summed E-state index contributed by atoms with van der Waals surface area (Å²) in [6, 6.07) is 38.3. The summed E-state index contributed by atoms with van der Waals surface area (Å²) in [6.07, 6.45) is -7.03. The summed E-state index contributed by atoms with van der Waals surface area (Å²) in [5.41, 5.74) is 7.29. The lowest BCUT2D eigenvalue weighted by Crippen LogP contribution is -2.54. The molecule has 1 heterocycles. The highest BCUT2D eigenvalue weighted by Gasteiger charge is 2.41. The highest BCUT2D eigenvalue weighted by Crippen LogP contribution is 2.39. The number of amides is 4. The first kappa shape index (κ1) is 41.1. The Bertz CT molecular complexity index is 2240.